The average molecular weight is 398 g/mol. The molecule has 146 valence electrons. The predicted octanol–water partition coefficient (Wildman–Crippen LogP) is 3.30. The molecule has 4 rings (SSSR count). The van der Waals surface area contributed by atoms with E-state index in [9.17, 15) is 8.42 Å². The molecule has 7 heteroatoms. The van der Waals surface area contributed by atoms with Gasteiger partial charge in [0.15, 0.2) is 5.89 Å². The van der Waals surface area contributed by atoms with Crippen LogP contribution in [0.15, 0.2) is 57.8 Å². The molecule has 2 heterocycles. The van der Waals surface area contributed by atoms with E-state index >= 15 is 0 Å². The number of sulfonamides is 1. The third-order valence-corrected chi connectivity index (χ3v) is 6.48. The molecule has 2 aromatic carbocycles. The van der Waals surface area contributed by atoms with Crippen LogP contribution >= 0.6 is 0 Å². The summed E-state index contributed by atoms with van der Waals surface area (Å²) >= 11 is 0. The Morgan fingerprint density at radius 3 is 2.57 bits per heavy atom. The molecule has 0 amide bonds. The Bertz CT molecular complexity index is 1090. The Labute approximate surface area is 165 Å². The Balaban J connectivity index is 1.41. The molecule has 1 aliphatic rings. The summed E-state index contributed by atoms with van der Waals surface area (Å²) in [6.07, 6.45) is 1.01. The van der Waals surface area contributed by atoms with Gasteiger partial charge in [0.2, 0.25) is 10.0 Å². The minimum atomic E-state index is -3.55. The second-order valence-electron chi connectivity index (χ2n) is 6.93. The topological polar surface area (TPSA) is 75.4 Å². The van der Waals surface area contributed by atoms with Gasteiger partial charge in [-0.2, -0.15) is 0 Å². The molecule has 0 saturated carbocycles. The lowest BCUT2D eigenvalue weighted by Gasteiger charge is -2.19. The van der Waals surface area contributed by atoms with E-state index in [-0.39, 0.29) is 4.90 Å². The summed E-state index contributed by atoms with van der Waals surface area (Å²) in [5.74, 6) is 1.31. The summed E-state index contributed by atoms with van der Waals surface area (Å²) < 4.78 is 33.4. The fourth-order valence-electron chi connectivity index (χ4n) is 3.63. The van der Waals surface area contributed by atoms with Crippen molar-refractivity contribution in [3.63, 3.8) is 0 Å². The van der Waals surface area contributed by atoms with Gasteiger partial charge in [-0.1, -0.05) is 30.3 Å². The lowest BCUT2D eigenvalue weighted by molar-refractivity contribution is 0.495. The third kappa shape index (κ3) is 3.68. The Hall–Kier alpha value is -2.64. The zero-order chi connectivity index (χ0) is 19.7. The van der Waals surface area contributed by atoms with Gasteiger partial charge in [-0.05, 0) is 37.1 Å². The number of fused-ring (bicyclic) bond motifs is 1. The number of rotatable bonds is 6. The largest absolute Gasteiger partial charge is 0.446 e. The van der Waals surface area contributed by atoms with E-state index in [4.69, 9.17) is 4.42 Å². The second kappa shape index (κ2) is 7.41. The minimum absolute atomic E-state index is 0.246. The van der Waals surface area contributed by atoms with E-state index in [0.29, 0.717) is 19.0 Å². The zero-order valence-corrected chi connectivity index (χ0v) is 16.8. The number of para-hydroxylation sites is 1. The van der Waals surface area contributed by atoms with Gasteiger partial charge in [0.25, 0.3) is 0 Å². The molecule has 0 radical (unpaired) electrons. The second-order valence-corrected chi connectivity index (χ2v) is 8.69. The van der Waals surface area contributed by atoms with Gasteiger partial charge < -0.3 is 9.32 Å². The van der Waals surface area contributed by atoms with Gasteiger partial charge >= 0.3 is 0 Å². The highest BCUT2D eigenvalue weighted by atomic mass is 32.2. The smallest absolute Gasteiger partial charge is 0.240 e. The van der Waals surface area contributed by atoms with Gasteiger partial charge in [0.05, 0.1) is 4.90 Å². The van der Waals surface area contributed by atoms with Gasteiger partial charge in [0.1, 0.15) is 11.5 Å². The summed E-state index contributed by atoms with van der Waals surface area (Å²) in [4.78, 5) is 6.81. The first-order valence-electron chi connectivity index (χ1n) is 9.31. The molecule has 28 heavy (non-hydrogen) atoms. The summed E-state index contributed by atoms with van der Waals surface area (Å²) in [6.45, 7) is 5.56. The van der Waals surface area contributed by atoms with Crippen LogP contribution in [-0.2, 0) is 16.4 Å². The number of aryl methyl sites for hydroxylation is 2. The summed E-state index contributed by atoms with van der Waals surface area (Å²) in [5, 5.41) is 0. The number of nitrogens with one attached hydrogen (secondary N) is 1. The zero-order valence-electron chi connectivity index (χ0n) is 16.0. The fourth-order valence-corrected chi connectivity index (χ4v) is 4.65. The van der Waals surface area contributed by atoms with Crippen LogP contribution in [0.1, 0.15) is 17.2 Å². The van der Waals surface area contributed by atoms with Gasteiger partial charge in [-0.3, -0.25) is 0 Å². The molecule has 0 atom stereocenters. The van der Waals surface area contributed by atoms with Crippen LogP contribution in [0.2, 0.25) is 0 Å². The molecule has 0 aliphatic carbocycles. The van der Waals surface area contributed by atoms with Gasteiger partial charge in [-0.15, -0.1) is 0 Å². The first kappa shape index (κ1) is 18.7. The van der Waals surface area contributed by atoms with E-state index in [2.05, 4.69) is 26.7 Å². The molecule has 0 bridgehead atoms. The van der Waals surface area contributed by atoms with E-state index in [1.165, 1.54) is 11.3 Å². The average Bonchev–Trinajstić information content (AvgIpc) is 3.24. The van der Waals surface area contributed by atoms with Crippen molar-refractivity contribution in [1.29, 1.82) is 0 Å². The van der Waals surface area contributed by atoms with E-state index < -0.39 is 10.0 Å². The molecular weight excluding hydrogens is 374 g/mol. The fraction of sp³-hybridized carbons (Fsp3) is 0.286. The molecule has 3 aromatic rings. The Morgan fingerprint density at radius 2 is 1.86 bits per heavy atom. The first-order valence-corrected chi connectivity index (χ1v) is 10.8. The van der Waals surface area contributed by atoms with Crippen LogP contribution in [0, 0.1) is 13.8 Å². The maximum absolute atomic E-state index is 12.6. The SMILES string of the molecule is Cc1nc(-c2ccc(S(=O)(=O)NCCN3CCc4ccccc43)cc2)c(C)o1. The van der Waals surface area contributed by atoms with Crippen LogP contribution in [0.5, 0.6) is 0 Å². The van der Waals surface area contributed by atoms with Crippen molar-refractivity contribution >= 4 is 15.7 Å². The van der Waals surface area contributed by atoms with Gasteiger partial charge in [-0.25, -0.2) is 18.1 Å². The molecule has 1 N–H and O–H groups in total. The van der Waals surface area contributed by atoms with Crippen molar-refractivity contribution in [3.8, 4) is 11.3 Å². The van der Waals surface area contributed by atoms with Crippen molar-refractivity contribution in [1.82, 2.24) is 9.71 Å². The van der Waals surface area contributed by atoms with Crippen LogP contribution in [0.3, 0.4) is 0 Å². The summed E-state index contributed by atoms with van der Waals surface area (Å²) in [5.41, 5.74) is 4.09. The highest BCUT2D eigenvalue weighted by Gasteiger charge is 2.19. The van der Waals surface area contributed by atoms with E-state index in [1.54, 1.807) is 31.2 Å². The summed E-state index contributed by atoms with van der Waals surface area (Å²) in [7, 11) is -3.55. The number of anilines is 1. The maximum atomic E-state index is 12.6. The van der Waals surface area contributed by atoms with Crippen LogP contribution < -0.4 is 9.62 Å². The van der Waals surface area contributed by atoms with Crippen molar-refractivity contribution in [2.24, 2.45) is 0 Å². The molecule has 0 spiro atoms. The predicted molar refractivity (Wildman–Crippen MR) is 109 cm³/mol. The first-order chi connectivity index (χ1) is 13.4. The van der Waals surface area contributed by atoms with Crippen molar-refractivity contribution in [2.75, 3.05) is 24.5 Å². The quantitative estimate of drug-likeness (QED) is 0.691. The molecule has 1 aromatic heterocycles. The van der Waals surface area contributed by atoms with Crippen LogP contribution in [0.4, 0.5) is 5.69 Å². The molecule has 0 saturated heterocycles. The maximum Gasteiger partial charge on any atom is 0.240 e. The molecule has 1 aliphatic heterocycles. The normalized spacial score (nSPS) is 13.7. The highest BCUT2D eigenvalue weighted by Crippen LogP contribution is 2.27. The monoisotopic (exact) mass is 397 g/mol. The highest BCUT2D eigenvalue weighted by molar-refractivity contribution is 7.89. The van der Waals surface area contributed by atoms with Crippen LogP contribution in [-0.4, -0.2) is 33.0 Å². The molecular formula is C21H23N3O3S. The summed E-state index contributed by atoms with van der Waals surface area (Å²) in [6, 6.07) is 15.0. The number of hydrogen-bond donors (Lipinski definition) is 1. The molecule has 0 fully saturated rings. The lowest BCUT2D eigenvalue weighted by atomic mass is 10.1. The number of nitrogens with zero attached hydrogens (tertiary/aromatic N) is 2. The minimum Gasteiger partial charge on any atom is -0.446 e. The number of benzene rings is 2. The van der Waals surface area contributed by atoms with E-state index in [1.807, 2.05) is 19.1 Å². The number of hydrogen-bond acceptors (Lipinski definition) is 5. The molecule has 6 nitrogen and oxygen atoms in total. The molecule has 0 unspecified atom stereocenters. The lowest BCUT2D eigenvalue weighted by Crippen LogP contribution is -2.34. The standard InChI is InChI=1S/C21H23N3O3S/c1-15-21(23-16(2)27-15)18-7-9-19(10-8-18)28(25,26)22-12-14-24-13-11-17-5-3-4-6-20(17)24/h3-10,22H,11-14H2,1-2H3. The van der Waals surface area contributed by atoms with Gasteiger partial charge in [0, 0.05) is 37.8 Å². The van der Waals surface area contributed by atoms with Crippen molar-refractivity contribution in [3.05, 3.63) is 65.7 Å². The number of oxazole rings is 1. The Morgan fingerprint density at radius 1 is 1.11 bits per heavy atom. The Kier molecular flexibility index (Phi) is 4.95. The van der Waals surface area contributed by atoms with Crippen LogP contribution in [0.25, 0.3) is 11.3 Å². The van der Waals surface area contributed by atoms with Crippen molar-refractivity contribution in [2.45, 2.75) is 25.2 Å². The number of aromatic nitrogens is 1. The van der Waals surface area contributed by atoms with E-state index in [0.717, 1.165) is 30.0 Å². The van der Waals surface area contributed by atoms with Crippen molar-refractivity contribution < 1.29 is 12.8 Å². The third-order valence-electron chi connectivity index (χ3n) is 5.00.